The van der Waals surface area contributed by atoms with Crippen LogP contribution in [0.2, 0.25) is 0 Å². The molecule has 0 unspecified atom stereocenters. The van der Waals surface area contributed by atoms with Crippen LogP contribution in [-0.4, -0.2) is 53.9 Å². The first-order valence-corrected chi connectivity index (χ1v) is 14.4. The lowest BCUT2D eigenvalue weighted by Crippen LogP contribution is -2.42. The number of nitrogens with one attached hydrogen (secondary N) is 1. The summed E-state index contributed by atoms with van der Waals surface area (Å²) in [4.78, 5) is 37.8. The second kappa shape index (κ2) is 11.6. The first kappa shape index (κ1) is 26.3. The fraction of sp³-hybridized carbons (Fsp3) is 0.345. The summed E-state index contributed by atoms with van der Waals surface area (Å²) in [6, 6.07) is 16.4. The lowest BCUT2D eigenvalue weighted by atomic mass is 10.0. The fourth-order valence-corrected chi connectivity index (χ4v) is 6.15. The van der Waals surface area contributed by atoms with Crippen LogP contribution in [0.1, 0.15) is 42.8 Å². The van der Waals surface area contributed by atoms with E-state index in [1.807, 2.05) is 30.3 Å². The molecule has 2 N–H and O–H groups in total. The van der Waals surface area contributed by atoms with Gasteiger partial charge in [-0.1, -0.05) is 65.8 Å². The van der Waals surface area contributed by atoms with Gasteiger partial charge in [-0.05, 0) is 25.0 Å². The maximum atomic E-state index is 13.8. The van der Waals surface area contributed by atoms with E-state index in [1.165, 1.54) is 11.0 Å². The van der Waals surface area contributed by atoms with Crippen LogP contribution < -0.4 is 10.9 Å². The van der Waals surface area contributed by atoms with Crippen LogP contribution in [0.3, 0.4) is 0 Å². The number of rotatable bonds is 9. The van der Waals surface area contributed by atoms with Gasteiger partial charge in [0.15, 0.2) is 5.16 Å². The zero-order valence-electron chi connectivity index (χ0n) is 22.0. The van der Waals surface area contributed by atoms with E-state index in [-0.39, 0.29) is 30.2 Å². The van der Waals surface area contributed by atoms with Crippen LogP contribution in [0.4, 0.5) is 0 Å². The van der Waals surface area contributed by atoms with Crippen molar-refractivity contribution >= 4 is 17.7 Å². The Labute approximate surface area is 235 Å². The minimum absolute atomic E-state index is 0.0220. The summed E-state index contributed by atoms with van der Waals surface area (Å²) in [5.41, 5.74) is 2.31. The van der Waals surface area contributed by atoms with E-state index < -0.39 is 0 Å². The lowest BCUT2D eigenvalue weighted by Gasteiger charge is -2.30. The van der Waals surface area contributed by atoms with Gasteiger partial charge in [-0.3, -0.25) is 14.2 Å². The number of aromatic hydroxyl groups is 1. The number of hydrogen-bond acceptors (Lipinski definition) is 9. The third-order valence-corrected chi connectivity index (χ3v) is 8.58. The van der Waals surface area contributed by atoms with Gasteiger partial charge < -0.3 is 19.8 Å². The van der Waals surface area contributed by atoms with Gasteiger partial charge in [0.25, 0.3) is 5.56 Å². The van der Waals surface area contributed by atoms with Crippen LogP contribution in [0.5, 0.6) is 5.75 Å². The van der Waals surface area contributed by atoms with Crippen molar-refractivity contribution in [3.05, 3.63) is 82.1 Å². The van der Waals surface area contributed by atoms with Crippen molar-refractivity contribution in [3.8, 4) is 22.8 Å². The summed E-state index contributed by atoms with van der Waals surface area (Å²) in [5.74, 6) is 0.950. The van der Waals surface area contributed by atoms with Gasteiger partial charge in [0.2, 0.25) is 17.6 Å². The molecule has 1 saturated carbocycles. The first-order chi connectivity index (χ1) is 19.6. The van der Waals surface area contributed by atoms with Crippen LogP contribution in [0.15, 0.2) is 69.1 Å². The third-order valence-electron chi connectivity index (χ3n) is 7.29. The molecule has 0 saturated heterocycles. The highest BCUT2D eigenvalue weighted by atomic mass is 32.2. The molecule has 0 spiro atoms. The van der Waals surface area contributed by atoms with Gasteiger partial charge in [-0.15, -0.1) is 0 Å². The molecule has 10 nitrogen and oxygen atoms in total. The van der Waals surface area contributed by atoms with Crippen LogP contribution in [-0.2, 0) is 24.3 Å². The molecule has 11 heteroatoms. The number of benzene rings is 2. The molecular formula is C29H30N6O4S. The quantitative estimate of drug-likeness (QED) is 0.234. The Hall–Kier alpha value is -3.96. The van der Waals surface area contributed by atoms with E-state index >= 15 is 0 Å². The zero-order valence-corrected chi connectivity index (χ0v) is 22.8. The molecule has 2 aromatic carbocycles. The van der Waals surface area contributed by atoms with Crippen molar-refractivity contribution < 1.29 is 14.4 Å². The average Bonchev–Trinajstić information content (AvgIpc) is 3.43. The van der Waals surface area contributed by atoms with Gasteiger partial charge in [0, 0.05) is 36.7 Å². The lowest BCUT2D eigenvalue weighted by molar-refractivity contribution is -0.132. The number of hydrogen-bond donors (Lipinski definition) is 2. The second-order valence-electron chi connectivity index (χ2n) is 9.99. The predicted octanol–water partition coefficient (Wildman–Crippen LogP) is 3.70. The number of phenolic OH excluding ortho intramolecular Hbond substituents is 1. The number of aromatic nitrogens is 4. The summed E-state index contributed by atoms with van der Waals surface area (Å²) in [7, 11) is 0. The minimum atomic E-state index is -0.227. The molecule has 0 radical (unpaired) electrons. The van der Waals surface area contributed by atoms with Gasteiger partial charge in [0.1, 0.15) is 5.75 Å². The number of phenols is 1. The van der Waals surface area contributed by atoms with E-state index in [4.69, 9.17) is 9.51 Å². The molecule has 6 rings (SSSR count). The first-order valence-electron chi connectivity index (χ1n) is 13.5. The molecule has 1 aliphatic carbocycles. The average molecular weight is 559 g/mol. The molecule has 1 aliphatic heterocycles. The van der Waals surface area contributed by atoms with Crippen LogP contribution in [0.25, 0.3) is 17.1 Å². The maximum Gasteiger partial charge on any atom is 0.264 e. The maximum absolute atomic E-state index is 13.8. The topological polar surface area (TPSA) is 126 Å². The monoisotopic (exact) mass is 558 g/mol. The molecule has 2 aromatic heterocycles. The molecule has 0 atom stereocenters. The van der Waals surface area contributed by atoms with E-state index in [0.29, 0.717) is 59.4 Å². The molecular weight excluding hydrogens is 528 g/mol. The van der Waals surface area contributed by atoms with Gasteiger partial charge in [-0.25, -0.2) is 4.98 Å². The summed E-state index contributed by atoms with van der Waals surface area (Å²) < 4.78 is 6.83. The number of para-hydroxylation sites is 2. The Morgan fingerprint density at radius 2 is 1.90 bits per heavy atom. The fourth-order valence-electron chi connectivity index (χ4n) is 4.83. The summed E-state index contributed by atoms with van der Waals surface area (Å²) >= 11 is 1.60. The Kier molecular flexibility index (Phi) is 7.65. The Morgan fingerprint density at radius 3 is 2.67 bits per heavy atom. The number of thioether (sulfide) groups is 1. The summed E-state index contributed by atoms with van der Waals surface area (Å²) in [6.45, 7) is 1.50. The molecule has 1 fully saturated rings. The zero-order chi connectivity index (χ0) is 27.5. The van der Waals surface area contributed by atoms with Crippen LogP contribution in [0, 0.1) is 0 Å². The summed E-state index contributed by atoms with van der Waals surface area (Å²) in [5, 5.41) is 18.8. The van der Waals surface area contributed by atoms with Gasteiger partial charge >= 0.3 is 0 Å². The predicted molar refractivity (Wildman–Crippen MR) is 150 cm³/mol. The molecule has 3 heterocycles. The van der Waals surface area contributed by atoms with E-state index in [1.54, 1.807) is 40.9 Å². The number of carbonyl (C=O) groups excluding carboxylic acids is 1. The standard InChI is InChI=1S/C29H30N6O4S/c36-24-12-5-4-11-23(24)35-28(38)21-18-34(16-14-22(21)31-29(35)40-20-9-6-10-20)26(37)13-15-30-17-25-32-27(33-39-25)19-7-2-1-3-8-19/h1-5,7-8,11-12,20,30,36H,6,9-10,13-18H2. The van der Waals surface area contributed by atoms with Crippen LogP contribution >= 0.6 is 11.8 Å². The number of carbonyl (C=O) groups is 1. The van der Waals surface area contributed by atoms with Gasteiger partial charge in [-0.2, -0.15) is 4.98 Å². The van der Waals surface area contributed by atoms with Gasteiger partial charge in [0.05, 0.1) is 30.0 Å². The Bertz CT molecular complexity index is 1570. The van der Waals surface area contributed by atoms with Crippen molar-refractivity contribution in [2.75, 3.05) is 13.1 Å². The molecule has 0 bridgehead atoms. The Balaban J connectivity index is 1.11. The molecule has 4 aromatic rings. The van der Waals surface area contributed by atoms with Crippen molar-refractivity contribution in [1.29, 1.82) is 0 Å². The third kappa shape index (κ3) is 5.52. The van der Waals surface area contributed by atoms with E-state index in [9.17, 15) is 14.7 Å². The van der Waals surface area contributed by atoms with Crippen molar-refractivity contribution in [1.82, 2.24) is 29.9 Å². The largest absolute Gasteiger partial charge is 0.506 e. The number of amides is 1. The molecule has 40 heavy (non-hydrogen) atoms. The highest BCUT2D eigenvalue weighted by molar-refractivity contribution is 7.99. The van der Waals surface area contributed by atoms with Crippen molar-refractivity contribution in [3.63, 3.8) is 0 Å². The summed E-state index contributed by atoms with van der Waals surface area (Å²) in [6.07, 6.45) is 4.16. The molecule has 2 aliphatic rings. The second-order valence-corrected chi connectivity index (χ2v) is 11.3. The minimum Gasteiger partial charge on any atom is -0.506 e. The van der Waals surface area contributed by atoms with E-state index in [2.05, 4.69) is 15.5 Å². The Morgan fingerprint density at radius 1 is 1.10 bits per heavy atom. The highest BCUT2D eigenvalue weighted by Crippen LogP contribution is 2.37. The normalized spacial score (nSPS) is 15.1. The molecule has 206 valence electrons. The number of nitrogens with zero attached hydrogens (tertiary/aromatic N) is 5. The van der Waals surface area contributed by atoms with Crippen molar-refractivity contribution in [2.24, 2.45) is 0 Å². The number of fused-ring (bicyclic) bond motifs is 1. The molecule has 1 amide bonds. The van der Waals surface area contributed by atoms with Crippen molar-refractivity contribution in [2.45, 2.75) is 55.6 Å². The SMILES string of the molecule is O=C(CCNCc1nc(-c2ccccc2)no1)N1CCc2nc(SC3CCC3)n(-c3ccccc3O)c(=O)c2C1. The smallest absolute Gasteiger partial charge is 0.264 e. The van der Waals surface area contributed by atoms with E-state index in [0.717, 1.165) is 24.1 Å². The highest BCUT2D eigenvalue weighted by Gasteiger charge is 2.29.